The number of nitrogens with one attached hydrogen (secondary N) is 1. The minimum atomic E-state index is -0.402. The zero-order valence-corrected chi connectivity index (χ0v) is 12.6. The first kappa shape index (κ1) is 14.2. The van der Waals surface area contributed by atoms with Crippen molar-refractivity contribution in [1.82, 2.24) is 9.55 Å². The molecule has 1 aromatic heterocycles. The molecule has 0 amide bonds. The van der Waals surface area contributed by atoms with Gasteiger partial charge in [0.25, 0.3) is 5.69 Å². The summed E-state index contributed by atoms with van der Waals surface area (Å²) >= 11 is 5.35. The van der Waals surface area contributed by atoms with Crippen molar-refractivity contribution in [3.8, 4) is 16.9 Å². The highest BCUT2D eigenvalue weighted by Crippen LogP contribution is 2.26. The molecule has 0 spiro atoms. The van der Waals surface area contributed by atoms with E-state index in [1.165, 1.54) is 6.07 Å². The van der Waals surface area contributed by atoms with Crippen molar-refractivity contribution in [1.29, 1.82) is 0 Å². The van der Waals surface area contributed by atoms with Crippen LogP contribution in [0.5, 0.6) is 0 Å². The standard InChI is InChI=1S/C16H13N3O2S/c1-11-5-7-13(8-6-11)18-15(10-17-16(18)22)12-3-2-4-14(9-12)19(20)21/h2-10H,1H3,(H,17,22). The summed E-state index contributed by atoms with van der Waals surface area (Å²) in [5.74, 6) is 0. The number of benzene rings is 2. The first-order valence-corrected chi connectivity index (χ1v) is 7.09. The molecule has 3 aromatic rings. The number of aryl methyl sites for hydroxylation is 1. The van der Waals surface area contributed by atoms with Crippen LogP contribution in [0.25, 0.3) is 16.9 Å². The molecule has 6 heteroatoms. The van der Waals surface area contributed by atoms with Gasteiger partial charge in [0.05, 0.1) is 10.6 Å². The summed E-state index contributed by atoms with van der Waals surface area (Å²) in [4.78, 5) is 13.6. The fourth-order valence-corrected chi connectivity index (χ4v) is 2.57. The van der Waals surface area contributed by atoms with Crippen LogP contribution in [0.4, 0.5) is 5.69 Å². The molecule has 5 nitrogen and oxygen atoms in total. The van der Waals surface area contributed by atoms with Gasteiger partial charge < -0.3 is 4.98 Å². The molecular formula is C16H13N3O2S. The highest BCUT2D eigenvalue weighted by atomic mass is 32.1. The number of nitro benzene ring substituents is 1. The van der Waals surface area contributed by atoms with Crippen molar-refractivity contribution in [2.75, 3.05) is 0 Å². The quantitative estimate of drug-likeness (QED) is 0.442. The number of nitrogens with zero attached hydrogens (tertiary/aromatic N) is 2. The van der Waals surface area contributed by atoms with Gasteiger partial charge in [0.15, 0.2) is 4.77 Å². The van der Waals surface area contributed by atoms with E-state index in [1.54, 1.807) is 18.3 Å². The van der Waals surface area contributed by atoms with Crippen LogP contribution in [-0.4, -0.2) is 14.5 Å². The third kappa shape index (κ3) is 2.56. The van der Waals surface area contributed by atoms with Crippen LogP contribution in [0.2, 0.25) is 0 Å². The predicted molar refractivity (Wildman–Crippen MR) is 87.8 cm³/mol. The average molecular weight is 311 g/mol. The largest absolute Gasteiger partial charge is 0.336 e. The smallest absolute Gasteiger partial charge is 0.270 e. The summed E-state index contributed by atoms with van der Waals surface area (Å²) < 4.78 is 2.42. The van der Waals surface area contributed by atoms with Gasteiger partial charge in [0.1, 0.15) is 0 Å². The van der Waals surface area contributed by atoms with E-state index in [-0.39, 0.29) is 5.69 Å². The Morgan fingerprint density at radius 3 is 2.59 bits per heavy atom. The third-order valence-corrected chi connectivity index (χ3v) is 3.72. The molecule has 0 saturated heterocycles. The maximum absolute atomic E-state index is 11.0. The molecule has 110 valence electrons. The Labute approximate surface area is 132 Å². The molecular weight excluding hydrogens is 298 g/mol. The second-order valence-corrected chi connectivity index (χ2v) is 5.34. The van der Waals surface area contributed by atoms with E-state index >= 15 is 0 Å². The van der Waals surface area contributed by atoms with E-state index in [0.29, 0.717) is 4.77 Å². The molecule has 1 heterocycles. The van der Waals surface area contributed by atoms with Gasteiger partial charge in [-0.2, -0.15) is 0 Å². The molecule has 0 saturated carbocycles. The molecule has 0 unspecified atom stereocenters. The lowest BCUT2D eigenvalue weighted by molar-refractivity contribution is -0.384. The Morgan fingerprint density at radius 1 is 1.18 bits per heavy atom. The van der Waals surface area contributed by atoms with Gasteiger partial charge in [0.2, 0.25) is 0 Å². The Kier molecular flexibility index (Phi) is 3.60. The highest BCUT2D eigenvalue weighted by molar-refractivity contribution is 7.71. The Hall–Kier alpha value is -2.73. The number of aromatic amines is 1. The van der Waals surface area contributed by atoms with Crippen molar-refractivity contribution in [3.05, 3.63) is 75.2 Å². The van der Waals surface area contributed by atoms with Crippen LogP contribution in [0.1, 0.15) is 5.56 Å². The number of non-ortho nitro benzene ring substituents is 1. The topological polar surface area (TPSA) is 63.9 Å². The summed E-state index contributed by atoms with van der Waals surface area (Å²) in [6.07, 6.45) is 1.77. The van der Waals surface area contributed by atoms with Crippen LogP contribution < -0.4 is 0 Å². The van der Waals surface area contributed by atoms with E-state index in [2.05, 4.69) is 4.98 Å². The first-order chi connectivity index (χ1) is 10.6. The van der Waals surface area contributed by atoms with Crippen molar-refractivity contribution in [2.24, 2.45) is 0 Å². The van der Waals surface area contributed by atoms with Gasteiger partial charge in [-0.15, -0.1) is 0 Å². The summed E-state index contributed by atoms with van der Waals surface area (Å²) in [7, 11) is 0. The fourth-order valence-electron chi connectivity index (χ4n) is 2.31. The number of H-pyrrole nitrogens is 1. The van der Waals surface area contributed by atoms with Gasteiger partial charge in [-0.25, -0.2) is 0 Å². The van der Waals surface area contributed by atoms with Crippen molar-refractivity contribution in [2.45, 2.75) is 6.92 Å². The van der Waals surface area contributed by atoms with Gasteiger partial charge in [-0.1, -0.05) is 29.8 Å². The number of aromatic nitrogens is 2. The molecule has 0 aliphatic rings. The number of rotatable bonds is 3. The van der Waals surface area contributed by atoms with Gasteiger partial charge >= 0.3 is 0 Å². The molecule has 1 N–H and O–H groups in total. The molecule has 0 atom stereocenters. The summed E-state index contributed by atoms with van der Waals surface area (Å²) in [6, 6.07) is 14.5. The number of hydrogen-bond acceptors (Lipinski definition) is 3. The zero-order chi connectivity index (χ0) is 15.7. The first-order valence-electron chi connectivity index (χ1n) is 6.68. The maximum atomic E-state index is 11.0. The molecule has 3 rings (SSSR count). The lowest BCUT2D eigenvalue weighted by atomic mass is 10.1. The molecule has 2 aromatic carbocycles. The van der Waals surface area contributed by atoms with E-state index < -0.39 is 4.92 Å². The molecule has 0 radical (unpaired) electrons. The lowest BCUT2D eigenvalue weighted by Crippen LogP contribution is -1.97. The minimum absolute atomic E-state index is 0.0556. The lowest BCUT2D eigenvalue weighted by Gasteiger charge is -2.09. The van der Waals surface area contributed by atoms with Crippen LogP contribution in [0.15, 0.2) is 54.7 Å². The van der Waals surface area contributed by atoms with Crippen LogP contribution in [-0.2, 0) is 0 Å². The minimum Gasteiger partial charge on any atom is -0.336 e. The second kappa shape index (κ2) is 5.57. The molecule has 0 aliphatic carbocycles. The monoisotopic (exact) mass is 311 g/mol. The molecule has 0 aliphatic heterocycles. The normalized spacial score (nSPS) is 10.6. The van der Waals surface area contributed by atoms with Crippen LogP contribution >= 0.6 is 12.2 Å². The van der Waals surface area contributed by atoms with E-state index in [9.17, 15) is 10.1 Å². The molecule has 0 fully saturated rings. The number of imidazole rings is 1. The van der Waals surface area contributed by atoms with Crippen molar-refractivity contribution >= 4 is 17.9 Å². The fraction of sp³-hybridized carbons (Fsp3) is 0.0625. The average Bonchev–Trinajstić information content (AvgIpc) is 2.90. The summed E-state index contributed by atoms with van der Waals surface area (Å²) in [6.45, 7) is 2.02. The summed E-state index contributed by atoms with van der Waals surface area (Å²) in [5.41, 5.74) is 3.65. The third-order valence-electron chi connectivity index (χ3n) is 3.42. The second-order valence-electron chi connectivity index (χ2n) is 4.96. The number of hydrogen-bond donors (Lipinski definition) is 1. The highest BCUT2D eigenvalue weighted by Gasteiger charge is 2.12. The van der Waals surface area contributed by atoms with E-state index in [4.69, 9.17) is 12.2 Å². The van der Waals surface area contributed by atoms with E-state index in [1.807, 2.05) is 41.8 Å². The zero-order valence-electron chi connectivity index (χ0n) is 11.8. The van der Waals surface area contributed by atoms with Gasteiger partial charge in [0, 0.05) is 29.6 Å². The molecule has 0 bridgehead atoms. The molecule has 22 heavy (non-hydrogen) atoms. The Balaban J connectivity index is 2.17. The van der Waals surface area contributed by atoms with Crippen LogP contribution in [0.3, 0.4) is 0 Å². The summed E-state index contributed by atoms with van der Waals surface area (Å²) in [5, 5.41) is 11.0. The predicted octanol–water partition coefficient (Wildman–Crippen LogP) is 4.42. The SMILES string of the molecule is Cc1ccc(-n2c(-c3cccc([N+](=O)[O-])c3)c[nH]c2=S)cc1. The van der Waals surface area contributed by atoms with Gasteiger partial charge in [-0.3, -0.25) is 14.7 Å². The van der Waals surface area contributed by atoms with Gasteiger partial charge in [-0.05, 0) is 31.3 Å². The number of nitro groups is 1. The Morgan fingerprint density at radius 2 is 1.91 bits per heavy atom. The van der Waals surface area contributed by atoms with E-state index in [0.717, 1.165) is 22.5 Å². The van der Waals surface area contributed by atoms with Crippen molar-refractivity contribution < 1.29 is 4.92 Å². The van der Waals surface area contributed by atoms with Crippen molar-refractivity contribution in [3.63, 3.8) is 0 Å². The maximum Gasteiger partial charge on any atom is 0.270 e. The van der Waals surface area contributed by atoms with Crippen LogP contribution in [0, 0.1) is 21.8 Å². The Bertz CT molecular complexity index is 894.